The number of halogens is 1. The van der Waals surface area contributed by atoms with Crippen LogP contribution in [0.15, 0.2) is 18.2 Å². The van der Waals surface area contributed by atoms with Gasteiger partial charge in [0.1, 0.15) is 5.60 Å². The van der Waals surface area contributed by atoms with Gasteiger partial charge in [-0.25, -0.2) is 4.79 Å². The first-order valence-corrected chi connectivity index (χ1v) is 8.69. The predicted molar refractivity (Wildman–Crippen MR) is 96.9 cm³/mol. The van der Waals surface area contributed by atoms with Gasteiger partial charge in [0.05, 0.1) is 12.6 Å². The molecule has 6 nitrogen and oxygen atoms in total. The molecule has 7 heteroatoms. The van der Waals surface area contributed by atoms with Gasteiger partial charge in [-0.1, -0.05) is 11.6 Å². The lowest BCUT2D eigenvalue weighted by Gasteiger charge is -2.32. The third-order valence-corrected chi connectivity index (χ3v) is 3.99. The highest BCUT2D eigenvalue weighted by molar-refractivity contribution is 6.31. The molecule has 1 aliphatic rings. The summed E-state index contributed by atoms with van der Waals surface area (Å²) in [5.41, 5.74) is 0.761. The number of hydrogen-bond acceptors (Lipinski definition) is 4. The Kier molecular flexibility index (Phi) is 6.30. The average Bonchev–Trinajstić information content (AvgIpc) is 2.72. The van der Waals surface area contributed by atoms with Crippen LogP contribution < -0.4 is 5.32 Å². The molecule has 1 atom stereocenters. The first-order chi connectivity index (χ1) is 11.7. The molecule has 1 aromatic carbocycles. The zero-order valence-electron chi connectivity index (χ0n) is 15.1. The van der Waals surface area contributed by atoms with E-state index in [4.69, 9.17) is 21.1 Å². The van der Waals surface area contributed by atoms with Gasteiger partial charge in [-0.3, -0.25) is 9.69 Å². The molecule has 1 saturated heterocycles. The van der Waals surface area contributed by atoms with Gasteiger partial charge < -0.3 is 14.8 Å². The van der Waals surface area contributed by atoms with Gasteiger partial charge in [0.25, 0.3) is 0 Å². The Bertz CT molecular complexity index is 642. The monoisotopic (exact) mass is 368 g/mol. The lowest BCUT2D eigenvalue weighted by atomic mass is 10.0. The lowest BCUT2D eigenvalue weighted by molar-refractivity contribution is -0.114. The summed E-state index contributed by atoms with van der Waals surface area (Å²) in [4.78, 5) is 25.6. The number of carbonyl (C=O) groups is 2. The van der Waals surface area contributed by atoms with Gasteiger partial charge in [-0.15, -0.1) is 0 Å². The third kappa shape index (κ3) is 5.61. The maximum absolute atomic E-state index is 12.7. The Morgan fingerprint density at radius 3 is 2.72 bits per heavy atom. The fourth-order valence-corrected chi connectivity index (χ4v) is 2.90. The SMILES string of the molecule is CC(=O)Nc1ccc(Cl)c(C2COCCCN2C(=O)OC(C)(C)C)c1. The maximum atomic E-state index is 12.7. The zero-order valence-corrected chi connectivity index (χ0v) is 15.9. The van der Waals surface area contributed by atoms with Crippen molar-refractivity contribution in [2.45, 2.75) is 45.8 Å². The number of benzene rings is 1. The fraction of sp³-hybridized carbons (Fsp3) is 0.556. The van der Waals surface area contributed by atoms with Crippen LogP contribution in [0.3, 0.4) is 0 Å². The number of carbonyl (C=O) groups excluding carboxylic acids is 2. The van der Waals surface area contributed by atoms with Crippen LogP contribution in [0.2, 0.25) is 5.02 Å². The molecule has 25 heavy (non-hydrogen) atoms. The van der Waals surface area contributed by atoms with Crippen molar-refractivity contribution in [3.8, 4) is 0 Å². The minimum Gasteiger partial charge on any atom is -0.444 e. The molecule has 0 aliphatic carbocycles. The molecule has 1 N–H and O–H groups in total. The predicted octanol–water partition coefficient (Wildman–Crippen LogP) is 4.00. The van der Waals surface area contributed by atoms with Crippen molar-refractivity contribution in [2.75, 3.05) is 25.1 Å². The topological polar surface area (TPSA) is 67.9 Å². The number of amides is 2. The van der Waals surface area contributed by atoms with Gasteiger partial charge in [0, 0.05) is 30.8 Å². The first-order valence-electron chi connectivity index (χ1n) is 8.32. The van der Waals surface area contributed by atoms with Crippen molar-refractivity contribution in [3.05, 3.63) is 28.8 Å². The molecule has 1 unspecified atom stereocenters. The zero-order chi connectivity index (χ0) is 18.6. The van der Waals surface area contributed by atoms with E-state index in [1.807, 2.05) is 20.8 Å². The van der Waals surface area contributed by atoms with E-state index in [1.54, 1.807) is 23.1 Å². The third-order valence-electron chi connectivity index (χ3n) is 3.64. The highest BCUT2D eigenvalue weighted by Crippen LogP contribution is 2.33. The summed E-state index contributed by atoms with van der Waals surface area (Å²) in [5, 5.41) is 3.25. The van der Waals surface area contributed by atoms with E-state index in [1.165, 1.54) is 6.92 Å². The van der Waals surface area contributed by atoms with E-state index in [0.717, 1.165) is 12.0 Å². The Labute approximate surface area is 153 Å². The number of rotatable bonds is 2. The van der Waals surface area contributed by atoms with Crippen LogP contribution in [-0.2, 0) is 14.3 Å². The number of nitrogens with one attached hydrogen (secondary N) is 1. The summed E-state index contributed by atoms with van der Waals surface area (Å²) in [5.74, 6) is -0.172. The van der Waals surface area contributed by atoms with E-state index >= 15 is 0 Å². The molecular weight excluding hydrogens is 344 g/mol. The van der Waals surface area contributed by atoms with E-state index < -0.39 is 11.7 Å². The summed E-state index contributed by atoms with van der Waals surface area (Å²) in [6.45, 7) is 8.34. The summed E-state index contributed by atoms with van der Waals surface area (Å²) < 4.78 is 11.2. The second-order valence-corrected chi connectivity index (χ2v) is 7.44. The van der Waals surface area contributed by atoms with Crippen molar-refractivity contribution in [3.63, 3.8) is 0 Å². The Balaban J connectivity index is 2.34. The summed E-state index contributed by atoms with van der Waals surface area (Å²) in [7, 11) is 0. The first kappa shape index (κ1) is 19.5. The molecule has 1 heterocycles. The minimum atomic E-state index is -0.587. The van der Waals surface area contributed by atoms with Crippen LogP contribution in [0, 0.1) is 0 Å². The highest BCUT2D eigenvalue weighted by Gasteiger charge is 2.32. The smallest absolute Gasteiger partial charge is 0.410 e. The molecule has 0 saturated carbocycles. The number of anilines is 1. The van der Waals surface area contributed by atoms with Crippen molar-refractivity contribution in [1.29, 1.82) is 0 Å². The maximum Gasteiger partial charge on any atom is 0.410 e. The molecule has 2 rings (SSSR count). The van der Waals surface area contributed by atoms with E-state index in [-0.39, 0.29) is 11.9 Å². The summed E-state index contributed by atoms with van der Waals surface area (Å²) >= 11 is 6.38. The van der Waals surface area contributed by atoms with Gasteiger partial charge in [-0.05, 0) is 51.0 Å². The second kappa shape index (κ2) is 8.06. The highest BCUT2D eigenvalue weighted by atomic mass is 35.5. The van der Waals surface area contributed by atoms with Crippen LogP contribution in [-0.4, -0.2) is 42.3 Å². The standard InChI is InChI=1S/C18H25ClN2O4/c1-12(22)20-13-6-7-15(19)14(10-13)16-11-24-9-5-8-21(16)17(23)25-18(2,3)4/h6-7,10,16H,5,8-9,11H2,1-4H3,(H,20,22). The van der Waals surface area contributed by atoms with Crippen LogP contribution in [0.4, 0.5) is 10.5 Å². The normalized spacial score (nSPS) is 18.4. The van der Waals surface area contributed by atoms with E-state index in [2.05, 4.69) is 5.32 Å². The number of nitrogens with zero attached hydrogens (tertiary/aromatic N) is 1. The molecule has 0 bridgehead atoms. The fourth-order valence-electron chi connectivity index (χ4n) is 2.65. The lowest BCUT2D eigenvalue weighted by Crippen LogP contribution is -2.40. The Hall–Kier alpha value is -1.79. The Morgan fingerprint density at radius 2 is 2.08 bits per heavy atom. The quantitative estimate of drug-likeness (QED) is 0.856. The molecule has 1 aromatic rings. The van der Waals surface area contributed by atoms with Crippen LogP contribution in [0.25, 0.3) is 0 Å². The molecule has 1 aliphatic heterocycles. The minimum absolute atomic E-state index is 0.172. The van der Waals surface area contributed by atoms with E-state index in [9.17, 15) is 9.59 Å². The van der Waals surface area contributed by atoms with Crippen molar-refractivity contribution >= 4 is 29.3 Å². The Morgan fingerprint density at radius 1 is 1.36 bits per heavy atom. The molecule has 2 amide bonds. The molecule has 0 spiro atoms. The largest absolute Gasteiger partial charge is 0.444 e. The molecule has 0 aromatic heterocycles. The second-order valence-electron chi connectivity index (χ2n) is 7.04. The molecule has 1 fully saturated rings. The average molecular weight is 369 g/mol. The molecular formula is C18H25ClN2O4. The molecule has 138 valence electrons. The number of hydrogen-bond donors (Lipinski definition) is 1. The van der Waals surface area contributed by atoms with Crippen LogP contribution in [0.1, 0.15) is 45.7 Å². The van der Waals surface area contributed by atoms with Crippen LogP contribution in [0.5, 0.6) is 0 Å². The summed E-state index contributed by atoms with van der Waals surface area (Å²) in [6, 6.07) is 4.84. The van der Waals surface area contributed by atoms with Crippen molar-refractivity contribution in [2.24, 2.45) is 0 Å². The van der Waals surface area contributed by atoms with Gasteiger partial charge >= 0.3 is 6.09 Å². The summed E-state index contributed by atoms with van der Waals surface area (Å²) in [6.07, 6.45) is 0.322. The van der Waals surface area contributed by atoms with Crippen molar-refractivity contribution < 1.29 is 19.1 Å². The molecule has 0 radical (unpaired) electrons. The van der Waals surface area contributed by atoms with Crippen LogP contribution >= 0.6 is 11.6 Å². The number of ether oxygens (including phenoxy) is 2. The van der Waals surface area contributed by atoms with E-state index in [0.29, 0.717) is 30.5 Å². The van der Waals surface area contributed by atoms with Gasteiger partial charge in [-0.2, -0.15) is 0 Å². The van der Waals surface area contributed by atoms with Gasteiger partial charge in [0.2, 0.25) is 5.91 Å². The van der Waals surface area contributed by atoms with Gasteiger partial charge in [0.15, 0.2) is 0 Å². The van der Waals surface area contributed by atoms with Crippen molar-refractivity contribution in [1.82, 2.24) is 4.90 Å².